The molecule has 4 aromatic rings. The van der Waals surface area contributed by atoms with Gasteiger partial charge in [0, 0.05) is 17.8 Å². The third kappa shape index (κ3) is 3.68. The minimum Gasteiger partial charge on any atom is -0.366 e. The van der Waals surface area contributed by atoms with Crippen molar-refractivity contribution >= 4 is 39.1 Å². The Bertz CT molecular complexity index is 1130. The van der Waals surface area contributed by atoms with Crippen LogP contribution in [0.5, 0.6) is 0 Å². The third-order valence-corrected chi connectivity index (χ3v) is 5.50. The fourth-order valence-electron chi connectivity index (χ4n) is 3.20. The lowest BCUT2D eigenvalue weighted by molar-refractivity contribution is 0.0997. The van der Waals surface area contributed by atoms with Crippen molar-refractivity contribution in [3.8, 4) is 0 Å². The summed E-state index contributed by atoms with van der Waals surface area (Å²) in [6, 6.07) is 20.8. The number of amides is 2. The second-order valence-corrected chi connectivity index (χ2v) is 7.43. The number of nitrogens with two attached hydrogens (primary N) is 1. The highest BCUT2D eigenvalue weighted by molar-refractivity contribution is 7.17. The predicted molar refractivity (Wildman–Crippen MR) is 113 cm³/mol. The summed E-state index contributed by atoms with van der Waals surface area (Å²) in [5.41, 5.74) is 9.20. The molecule has 5 nitrogen and oxygen atoms in total. The van der Waals surface area contributed by atoms with Crippen molar-refractivity contribution in [3.05, 3.63) is 88.9 Å². The second kappa shape index (κ2) is 7.70. The zero-order valence-corrected chi connectivity index (χ0v) is 15.9. The Hall–Kier alpha value is -3.38. The molecule has 0 saturated carbocycles. The molecule has 6 heteroatoms. The van der Waals surface area contributed by atoms with Crippen molar-refractivity contribution in [1.29, 1.82) is 0 Å². The normalized spacial score (nSPS) is 10.9. The fraction of sp³-hybridized carbons (Fsp3) is 0.0909. The fourth-order valence-corrected chi connectivity index (χ4v) is 4.03. The van der Waals surface area contributed by atoms with E-state index in [2.05, 4.69) is 22.0 Å². The molecule has 0 bridgehead atoms. The highest BCUT2D eigenvalue weighted by atomic mass is 32.1. The molecule has 0 atom stereocenters. The van der Waals surface area contributed by atoms with Gasteiger partial charge in [-0.1, -0.05) is 30.3 Å². The smallest absolute Gasteiger partial charge is 0.272 e. The van der Waals surface area contributed by atoms with Crippen molar-refractivity contribution < 1.29 is 9.59 Å². The number of fused-ring (bicyclic) bond motifs is 1. The molecule has 0 fully saturated rings. The first-order valence-electron chi connectivity index (χ1n) is 8.94. The van der Waals surface area contributed by atoms with Gasteiger partial charge in [0.25, 0.3) is 5.91 Å². The van der Waals surface area contributed by atoms with Gasteiger partial charge in [-0.05, 0) is 53.8 Å². The molecule has 0 radical (unpaired) electrons. The highest BCUT2D eigenvalue weighted by Crippen LogP contribution is 2.26. The number of thiophene rings is 1. The van der Waals surface area contributed by atoms with Crippen LogP contribution < -0.4 is 11.1 Å². The number of nitrogens with one attached hydrogen (secondary N) is 1. The molecule has 0 saturated heterocycles. The van der Waals surface area contributed by atoms with Crippen molar-refractivity contribution in [2.75, 3.05) is 5.32 Å². The molecular formula is C22H19N3O2S. The highest BCUT2D eigenvalue weighted by Gasteiger charge is 2.17. The molecule has 140 valence electrons. The molecule has 2 amide bonds. The summed E-state index contributed by atoms with van der Waals surface area (Å²) in [5.74, 6) is -0.670. The van der Waals surface area contributed by atoms with E-state index in [0.29, 0.717) is 23.5 Å². The van der Waals surface area contributed by atoms with Gasteiger partial charge in [0.2, 0.25) is 5.91 Å². The van der Waals surface area contributed by atoms with Crippen LogP contribution in [0.15, 0.2) is 72.1 Å². The van der Waals surface area contributed by atoms with Crippen LogP contribution >= 0.6 is 11.3 Å². The van der Waals surface area contributed by atoms with Crippen LogP contribution in [0.25, 0.3) is 10.2 Å². The first-order valence-corrected chi connectivity index (χ1v) is 9.81. The zero-order chi connectivity index (χ0) is 19.5. The van der Waals surface area contributed by atoms with E-state index in [9.17, 15) is 9.59 Å². The maximum atomic E-state index is 12.9. The predicted octanol–water partition coefficient (Wildman–Crippen LogP) is 4.30. The summed E-state index contributed by atoms with van der Waals surface area (Å²) < 4.78 is 3.15. The van der Waals surface area contributed by atoms with Gasteiger partial charge >= 0.3 is 0 Å². The standard InChI is InChI=1S/C22H19N3O2S/c23-21(26)16-6-8-17(9-7-16)24-22(27)19-14-20-18(11-13-28-20)25(19)12-10-15-4-2-1-3-5-15/h1-9,11,13-14H,10,12H2,(H2,23,26)(H,24,27). The van der Waals surface area contributed by atoms with Gasteiger partial charge in [0.05, 0.1) is 10.2 Å². The van der Waals surface area contributed by atoms with Crippen LogP contribution in [0.3, 0.4) is 0 Å². The number of nitrogens with zero attached hydrogens (tertiary/aromatic N) is 1. The number of aryl methyl sites for hydroxylation is 2. The van der Waals surface area contributed by atoms with Gasteiger partial charge < -0.3 is 15.6 Å². The number of anilines is 1. The molecule has 0 aliphatic heterocycles. The Morgan fingerprint density at radius 3 is 2.46 bits per heavy atom. The number of primary amides is 1. The van der Waals surface area contributed by atoms with E-state index < -0.39 is 5.91 Å². The van der Waals surface area contributed by atoms with E-state index in [1.165, 1.54) is 5.56 Å². The maximum absolute atomic E-state index is 12.9. The molecule has 0 spiro atoms. The zero-order valence-electron chi connectivity index (χ0n) is 15.1. The Kier molecular flexibility index (Phi) is 4.95. The van der Waals surface area contributed by atoms with Crippen LogP contribution in [0.4, 0.5) is 5.69 Å². The van der Waals surface area contributed by atoms with E-state index in [4.69, 9.17) is 5.73 Å². The van der Waals surface area contributed by atoms with Gasteiger partial charge in [0.15, 0.2) is 0 Å². The number of hydrogen-bond donors (Lipinski definition) is 2. The van der Waals surface area contributed by atoms with Crippen molar-refractivity contribution in [1.82, 2.24) is 4.57 Å². The first-order chi connectivity index (χ1) is 13.6. The minimum atomic E-state index is -0.493. The minimum absolute atomic E-state index is 0.178. The van der Waals surface area contributed by atoms with E-state index >= 15 is 0 Å². The molecule has 28 heavy (non-hydrogen) atoms. The number of benzene rings is 2. The molecule has 4 rings (SSSR count). The Labute approximate surface area is 166 Å². The van der Waals surface area contributed by atoms with Crippen molar-refractivity contribution in [2.45, 2.75) is 13.0 Å². The summed E-state index contributed by atoms with van der Waals surface area (Å²) in [6.45, 7) is 0.716. The second-order valence-electron chi connectivity index (χ2n) is 6.48. The number of carbonyl (C=O) groups excluding carboxylic acids is 2. The van der Waals surface area contributed by atoms with E-state index in [-0.39, 0.29) is 5.91 Å². The number of rotatable bonds is 6. The summed E-state index contributed by atoms with van der Waals surface area (Å²) in [7, 11) is 0. The third-order valence-electron chi connectivity index (χ3n) is 4.65. The summed E-state index contributed by atoms with van der Waals surface area (Å²) in [4.78, 5) is 24.1. The summed E-state index contributed by atoms with van der Waals surface area (Å²) in [6.07, 6.45) is 0.841. The average Bonchev–Trinajstić information content (AvgIpc) is 3.29. The summed E-state index contributed by atoms with van der Waals surface area (Å²) >= 11 is 1.62. The van der Waals surface area contributed by atoms with Gasteiger partial charge in [-0.3, -0.25) is 9.59 Å². The van der Waals surface area contributed by atoms with E-state index in [1.807, 2.05) is 35.7 Å². The molecule has 0 aliphatic carbocycles. The van der Waals surface area contributed by atoms with Gasteiger partial charge in [-0.15, -0.1) is 11.3 Å². The topological polar surface area (TPSA) is 77.1 Å². The number of aromatic nitrogens is 1. The van der Waals surface area contributed by atoms with Crippen LogP contribution in [0.1, 0.15) is 26.4 Å². The largest absolute Gasteiger partial charge is 0.366 e. The van der Waals surface area contributed by atoms with Crippen molar-refractivity contribution in [2.24, 2.45) is 5.73 Å². The molecule has 3 N–H and O–H groups in total. The van der Waals surface area contributed by atoms with Gasteiger partial charge in [-0.25, -0.2) is 0 Å². The van der Waals surface area contributed by atoms with Gasteiger partial charge in [0.1, 0.15) is 5.69 Å². The molecule has 0 unspecified atom stereocenters. The lowest BCUT2D eigenvalue weighted by atomic mass is 10.1. The molecule has 0 aliphatic rings. The monoisotopic (exact) mass is 389 g/mol. The van der Waals surface area contributed by atoms with Gasteiger partial charge in [-0.2, -0.15) is 0 Å². The first kappa shape index (κ1) is 18.0. The average molecular weight is 389 g/mol. The summed E-state index contributed by atoms with van der Waals surface area (Å²) in [5, 5.41) is 4.94. The van der Waals surface area contributed by atoms with Crippen LogP contribution in [0, 0.1) is 0 Å². The SMILES string of the molecule is NC(=O)c1ccc(NC(=O)c2cc3sccc3n2CCc2ccccc2)cc1. The Morgan fingerprint density at radius 1 is 1.00 bits per heavy atom. The maximum Gasteiger partial charge on any atom is 0.272 e. The van der Waals surface area contributed by atoms with Crippen LogP contribution in [0.2, 0.25) is 0 Å². The van der Waals surface area contributed by atoms with E-state index in [1.54, 1.807) is 35.6 Å². The quantitative estimate of drug-likeness (QED) is 0.516. The van der Waals surface area contributed by atoms with Crippen LogP contribution in [-0.4, -0.2) is 16.4 Å². The molecule has 2 heterocycles. The molecule has 2 aromatic heterocycles. The number of hydrogen-bond acceptors (Lipinski definition) is 3. The molecular weight excluding hydrogens is 370 g/mol. The molecule has 2 aromatic carbocycles. The lowest BCUT2D eigenvalue weighted by Crippen LogP contribution is -2.18. The van der Waals surface area contributed by atoms with Crippen molar-refractivity contribution in [3.63, 3.8) is 0 Å². The Balaban J connectivity index is 1.57. The number of carbonyl (C=O) groups is 2. The Morgan fingerprint density at radius 2 is 1.75 bits per heavy atom. The van der Waals surface area contributed by atoms with Crippen LogP contribution in [-0.2, 0) is 13.0 Å². The lowest BCUT2D eigenvalue weighted by Gasteiger charge is -2.11. The van der Waals surface area contributed by atoms with E-state index in [0.717, 1.165) is 16.6 Å².